The molecule has 7 heteroatoms. The second kappa shape index (κ2) is 6.80. The van der Waals surface area contributed by atoms with Gasteiger partial charge in [0, 0.05) is 12.3 Å². The largest absolute Gasteiger partial charge is 0.495 e. The van der Waals surface area contributed by atoms with Gasteiger partial charge in [0.1, 0.15) is 12.4 Å². The summed E-state index contributed by atoms with van der Waals surface area (Å²) in [6.07, 6.45) is 1.55. The Kier molecular flexibility index (Phi) is 4.57. The molecule has 0 aliphatic heterocycles. The van der Waals surface area contributed by atoms with Crippen LogP contribution in [0, 0.1) is 0 Å². The number of halogens is 1. The maximum Gasteiger partial charge on any atom is 0.340 e. The van der Waals surface area contributed by atoms with Gasteiger partial charge in [-0.1, -0.05) is 17.7 Å². The molecule has 0 radical (unpaired) electrons. The molecule has 1 aromatic carbocycles. The summed E-state index contributed by atoms with van der Waals surface area (Å²) in [4.78, 5) is 19.0. The van der Waals surface area contributed by atoms with Crippen molar-refractivity contribution in [2.75, 3.05) is 14.2 Å². The molecule has 0 saturated carbocycles. The number of nitrogens with zero attached hydrogens (tertiary/aromatic N) is 1. The van der Waals surface area contributed by atoms with Gasteiger partial charge in [-0.05, 0) is 23.8 Å². The van der Waals surface area contributed by atoms with Crippen molar-refractivity contribution in [2.45, 2.75) is 6.61 Å². The van der Waals surface area contributed by atoms with Crippen LogP contribution in [-0.2, 0) is 11.3 Å². The lowest BCUT2D eigenvalue weighted by molar-refractivity contribution is 0.0602. The van der Waals surface area contributed by atoms with Crippen molar-refractivity contribution < 1.29 is 19.0 Å². The number of esters is 1. The van der Waals surface area contributed by atoms with E-state index in [0.29, 0.717) is 39.9 Å². The summed E-state index contributed by atoms with van der Waals surface area (Å²) >= 11 is 6.00. The van der Waals surface area contributed by atoms with Crippen LogP contribution in [0.2, 0.25) is 5.02 Å². The predicted octanol–water partition coefficient (Wildman–Crippen LogP) is 3.59. The van der Waals surface area contributed by atoms with Crippen LogP contribution in [0.15, 0.2) is 36.5 Å². The number of carbonyl (C=O) groups is 1. The first-order valence-electron chi connectivity index (χ1n) is 7.13. The number of fused-ring (bicyclic) bond motifs is 1. The van der Waals surface area contributed by atoms with Gasteiger partial charge in [0.05, 0.1) is 35.8 Å². The lowest BCUT2D eigenvalue weighted by Gasteiger charge is -2.07. The first-order valence-corrected chi connectivity index (χ1v) is 7.51. The number of carbonyl (C=O) groups excluding carboxylic acids is 1. The normalized spacial score (nSPS) is 10.6. The van der Waals surface area contributed by atoms with Gasteiger partial charge in [-0.15, -0.1) is 0 Å². The van der Waals surface area contributed by atoms with Crippen LogP contribution in [0.3, 0.4) is 0 Å². The van der Waals surface area contributed by atoms with E-state index in [0.717, 1.165) is 5.56 Å². The highest BCUT2D eigenvalue weighted by molar-refractivity contribution is 6.32. The van der Waals surface area contributed by atoms with E-state index < -0.39 is 5.97 Å². The lowest BCUT2D eigenvalue weighted by Crippen LogP contribution is -2.02. The van der Waals surface area contributed by atoms with Crippen molar-refractivity contribution in [3.63, 3.8) is 0 Å². The molecule has 3 aromatic rings. The van der Waals surface area contributed by atoms with Gasteiger partial charge < -0.3 is 19.2 Å². The summed E-state index contributed by atoms with van der Waals surface area (Å²) in [6, 6.07) is 8.74. The quantitative estimate of drug-likeness (QED) is 0.715. The molecule has 24 heavy (non-hydrogen) atoms. The Morgan fingerprint density at radius 3 is 2.83 bits per heavy atom. The first kappa shape index (κ1) is 16.1. The maximum absolute atomic E-state index is 11.8. The number of methoxy groups -OCH3 is 2. The average Bonchev–Trinajstić information content (AvgIpc) is 3.03. The van der Waals surface area contributed by atoms with E-state index in [9.17, 15) is 4.79 Å². The Hall–Kier alpha value is -2.73. The fourth-order valence-corrected chi connectivity index (χ4v) is 2.51. The smallest absolute Gasteiger partial charge is 0.340 e. The van der Waals surface area contributed by atoms with E-state index in [1.165, 1.54) is 7.11 Å². The molecule has 6 nitrogen and oxygen atoms in total. The van der Waals surface area contributed by atoms with Crippen LogP contribution in [0.5, 0.6) is 11.6 Å². The lowest BCUT2D eigenvalue weighted by atomic mass is 10.2. The molecule has 0 spiro atoms. The van der Waals surface area contributed by atoms with Crippen LogP contribution in [-0.4, -0.2) is 30.2 Å². The highest BCUT2D eigenvalue weighted by Gasteiger charge is 2.14. The summed E-state index contributed by atoms with van der Waals surface area (Å²) in [7, 11) is 2.90. The highest BCUT2D eigenvalue weighted by atomic mass is 35.5. The van der Waals surface area contributed by atoms with Crippen molar-refractivity contribution in [3.8, 4) is 11.6 Å². The Bertz CT molecular complexity index is 891. The molecule has 0 bridgehead atoms. The number of benzene rings is 1. The first-order chi connectivity index (χ1) is 11.6. The highest BCUT2D eigenvalue weighted by Crippen LogP contribution is 2.26. The fourth-order valence-electron chi connectivity index (χ4n) is 2.32. The molecule has 2 aromatic heterocycles. The molecule has 0 atom stereocenters. The molecule has 124 valence electrons. The second-order valence-corrected chi connectivity index (χ2v) is 5.41. The molecular formula is C17H15ClN2O4. The molecule has 0 aliphatic rings. The third-order valence-corrected chi connectivity index (χ3v) is 3.82. The standard InChI is InChI=1S/C17H15ClN2O4/c1-22-14-7-10(3-4-12(14)18)9-24-15-8-13-16(20-15)11(5-6-19-13)17(21)23-2/h3-8,20H,9H2,1-2H3. The number of nitrogens with one attached hydrogen (secondary N) is 1. The molecule has 0 unspecified atom stereocenters. The Labute approximate surface area is 143 Å². The number of hydrogen-bond acceptors (Lipinski definition) is 5. The van der Waals surface area contributed by atoms with Crippen LogP contribution < -0.4 is 9.47 Å². The zero-order valence-electron chi connectivity index (χ0n) is 13.1. The molecule has 2 heterocycles. The van der Waals surface area contributed by atoms with Gasteiger partial charge in [-0.3, -0.25) is 4.98 Å². The van der Waals surface area contributed by atoms with Gasteiger partial charge >= 0.3 is 5.97 Å². The van der Waals surface area contributed by atoms with Crippen molar-refractivity contribution in [2.24, 2.45) is 0 Å². The van der Waals surface area contributed by atoms with Gasteiger partial charge in [0.15, 0.2) is 5.88 Å². The number of aromatic amines is 1. The van der Waals surface area contributed by atoms with Crippen LogP contribution in [0.25, 0.3) is 11.0 Å². The zero-order valence-corrected chi connectivity index (χ0v) is 13.9. The minimum atomic E-state index is -0.432. The van der Waals surface area contributed by atoms with Gasteiger partial charge in [-0.25, -0.2) is 4.79 Å². The summed E-state index contributed by atoms with van der Waals surface area (Å²) < 4.78 is 15.7. The van der Waals surface area contributed by atoms with Gasteiger partial charge in [0.25, 0.3) is 0 Å². The second-order valence-electron chi connectivity index (χ2n) is 5.00. The third kappa shape index (κ3) is 3.14. The van der Waals surface area contributed by atoms with Gasteiger partial charge in [0.2, 0.25) is 0 Å². The van der Waals surface area contributed by atoms with E-state index in [1.54, 1.807) is 31.5 Å². The van der Waals surface area contributed by atoms with Crippen molar-refractivity contribution in [1.82, 2.24) is 9.97 Å². The zero-order chi connectivity index (χ0) is 17.1. The summed E-state index contributed by atoms with van der Waals surface area (Å²) in [5.74, 6) is 0.657. The number of rotatable bonds is 5. The molecule has 0 saturated heterocycles. The van der Waals surface area contributed by atoms with Crippen LogP contribution in [0.1, 0.15) is 15.9 Å². The summed E-state index contributed by atoms with van der Waals surface area (Å²) in [5.41, 5.74) is 2.51. The summed E-state index contributed by atoms with van der Waals surface area (Å²) in [5, 5.41) is 0.541. The SMILES string of the molecule is COC(=O)c1ccnc2cc(OCc3ccc(Cl)c(OC)c3)[nH]c12. The molecule has 0 aliphatic carbocycles. The average molecular weight is 347 g/mol. The number of ether oxygens (including phenoxy) is 3. The van der Waals surface area contributed by atoms with E-state index in [-0.39, 0.29) is 0 Å². The molecule has 3 rings (SSSR count). The van der Waals surface area contributed by atoms with E-state index >= 15 is 0 Å². The van der Waals surface area contributed by atoms with E-state index in [4.69, 9.17) is 25.8 Å². The fraction of sp³-hybridized carbons (Fsp3) is 0.176. The Balaban J connectivity index is 1.82. The third-order valence-electron chi connectivity index (χ3n) is 3.51. The minimum Gasteiger partial charge on any atom is -0.495 e. The summed E-state index contributed by atoms with van der Waals surface area (Å²) in [6.45, 7) is 0.313. The van der Waals surface area contributed by atoms with Crippen LogP contribution >= 0.6 is 11.6 Å². The predicted molar refractivity (Wildman–Crippen MR) is 89.8 cm³/mol. The molecular weight excluding hydrogens is 332 g/mol. The van der Waals surface area contributed by atoms with E-state index in [2.05, 4.69) is 9.97 Å². The number of H-pyrrole nitrogens is 1. The monoisotopic (exact) mass is 346 g/mol. The number of hydrogen-bond donors (Lipinski definition) is 1. The maximum atomic E-state index is 11.8. The Morgan fingerprint density at radius 2 is 2.08 bits per heavy atom. The van der Waals surface area contributed by atoms with Crippen molar-refractivity contribution >= 4 is 28.6 Å². The molecule has 0 fully saturated rings. The van der Waals surface area contributed by atoms with Gasteiger partial charge in [-0.2, -0.15) is 0 Å². The van der Waals surface area contributed by atoms with Crippen LogP contribution in [0.4, 0.5) is 0 Å². The van der Waals surface area contributed by atoms with E-state index in [1.807, 2.05) is 12.1 Å². The number of aromatic nitrogens is 2. The van der Waals surface area contributed by atoms with Crippen molar-refractivity contribution in [3.05, 3.63) is 52.7 Å². The van der Waals surface area contributed by atoms with Crippen molar-refractivity contribution in [1.29, 1.82) is 0 Å². The minimum absolute atomic E-state index is 0.313. The number of pyridine rings is 1. The topological polar surface area (TPSA) is 73.4 Å². The molecule has 0 amide bonds. The Morgan fingerprint density at radius 1 is 1.25 bits per heavy atom. The molecule has 1 N–H and O–H groups in total.